The summed E-state index contributed by atoms with van der Waals surface area (Å²) in [5.41, 5.74) is 6.20. The van der Waals surface area contributed by atoms with E-state index in [1.165, 1.54) is 12.1 Å². The van der Waals surface area contributed by atoms with E-state index >= 15 is 0 Å². The highest BCUT2D eigenvalue weighted by Gasteiger charge is 2.33. The molecule has 3 rings (SSSR count). The van der Waals surface area contributed by atoms with Crippen LogP contribution in [-0.4, -0.2) is 60.9 Å². The number of hydrogen-bond acceptors (Lipinski definition) is 6. The average Bonchev–Trinajstić information content (AvgIpc) is 3.27. The molecule has 3 amide bonds. The van der Waals surface area contributed by atoms with Crippen LogP contribution in [0.4, 0.5) is 8.78 Å². The van der Waals surface area contributed by atoms with E-state index in [9.17, 15) is 23.2 Å². The summed E-state index contributed by atoms with van der Waals surface area (Å²) in [6.45, 7) is 1.61. The minimum atomic E-state index is -3.56. The molecular formula is C21H23ClF2N4O4S. The number of halogens is 3. The van der Waals surface area contributed by atoms with Gasteiger partial charge in [0, 0.05) is 35.5 Å². The largest absolute Gasteiger partial charge is 0.377 e. The molecule has 0 saturated carbocycles. The van der Waals surface area contributed by atoms with Crippen molar-refractivity contribution in [3.8, 4) is 0 Å². The van der Waals surface area contributed by atoms with Crippen molar-refractivity contribution >= 4 is 40.7 Å². The SMILES string of the molecule is CC(F)(F)C(=O)NC(N)c1ccc(C(=O)NCC2COCCN2C(=O)c2cccc(Cl)c2)s1. The number of rotatable bonds is 7. The Morgan fingerprint density at radius 1 is 1.33 bits per heavy atom. The summed E-state index contributed by atoms with van der Waals surface area (Å²) in [4.78, 5) is 39.2. The monoisotopic (exact) mass is 500 g/mol. The summed E-state index contributed by atoms with van der Waals surface area (Å²) >= 11 is 6.96. The minimum Gasteiger partial charge on any atom is -0.377 e. The van der Waals surface area contributed by atoms with Crippen LogP contribution in [-0.2, 0) is 9.53 Å². The maximum atomic E-state index is 13.0. The van der Waals surface area contributed by atoms with Crippen molar-refractivity contribution in [2.24, 2.45) is 5.73 Å². The number of benzene rings is 1. The first-order chi connectivity index (χ1) is 15.6. The Morgan fingerprint density at radius 3 is 2.79 bits per heavy atom. The molecule has 0 spiro atoms. The van der Waals surface area contributed by atoms with Gasteiger partial charge < -0.3 is 26.0 Å². The van der Waals surface area contributed by atoms with E-state index in [0.29, 0.717) is 35.5 Å². The van der Waals surface area contributed by atoms with Crippen molar-refractivity contribution in [3.63, 3.8) is 0 Å². The molecule has 1 aliphatic heterocycles. The third kappa shape index (κ3) is 6.47. The Bertz CT molecular complexity index is 1030. The number of alkyl halides is 2. The maximum absolute atomic E-state index is 13.0. The molecule has 0 aliphatic carbocycles. The Hall–Kier alpha value is -2.60. The molecule has 8 nitrogen and oxygen atoms in total. The molecule has 12 heteroatoms. The number of ether oxygens (including phenoxy) is 1. The second kappa shape index (κ2) is 10.6. The second-order valence-corrected chi connectivity index (χ2v) is 9.04. The molecule has 1 aliphatic rings. The van der Waals surface area contributed by atoms with Crippen molar-refractivity contribution < 1.29 is 27.9 Å². The standard InChI is InChI=1S/C21H23ClF2N4O4S/c1-21(23,24)20(31)27-17(25)15-5-6-16(33-15)18(29)26-10-14-11-32-8-7-28(14)19(30)12-3-2-4-13(22)9-12/h2-6,9,14,17H,7-8,10-11,25H2,1H3,(H,26,29)(H,27,31). The molecule has 1 aromatic heterocycles. The molecule has 2 heterocycles. The fourth-order valence-corrected chi connectivity index (χ4v) is 4.22. The highest BCUT2D eigenvalue weighted by molar-refractivity contribution is 7.14. The predicted octanol–water partition coefficient (Wildman–Crippen LogP) is 2.40. The molecule has 33 heavy (non-hydrogen) atoms. The number of nitrogens with zero attached hydrogens (tertiary/aromatic N) is 1. The third-order valence-corrected chi connectivity index (χ3v) is 6.30. The van der Waals surface area contributed by atoms with Crippen molar-refractivity contribution in [1.82, 2.24) is 15.5 Å². The Morgan fingerprint density at radius 2 is 2.09 bits per heavy atom. The molecule has 178 valence electrons. The van der Waals surface area contributed by atoms with Crippen molar-refractivity contribution in [2.45, 2.75) is 25.1 Å². The van der Waals surface area contributed by atoms with Gasteiger partial charge >= 0.3 is 5.92 Å². The topological polar surface area (TPSA) is 114 Å². The van der Waals surface area contributed by atoms with Crippen LogP contribution in [0.2, 0.25) is 5.02 Å². The maximum Gasteiger partial charge on any atom is 0.321 e. The lowest BCUT2D eigenvalue weighted by Gasteiger charge is -2.35. The molecule has 1 saturated heterocycles. The number of carbonyl (C=O) groups excluding carboxylic acids is 3. The van der Waals surface area contributed by atoms with Gasteiger partial charge in [-0.1, -0.05) is 17.7 Å². The zero-order valence-corrected chi connectivity index (χ0v) is 19.2. The van der Waals surface area contributed by atoms with Gasteiger partial charge in [-0.3, -0.25) is 14.4 Å². The molecule has 2 unspecified atom stereocenters. The molecule has 2 atom stereocenters. The molecule has 0 bridgehead atoms. The van der Waals surface area contributed by atoms with Crippen LogP contribution in [0.3, 0.4) is 0 Å². The van der Waals surface area contributed by atoms with Gasteiger partial charge in [0.1, 0.15) is 6.17 Å². The molecule has 2 aromatic rings. The van der Waals surface area contributed by atoms with Crippen molar-refractivity contribution in [3.05, 3.63) is 56.7 Å². The lowest BCUT2D eigenvalue weighted by atomic mass is 10.1. The first-order valence-electron chi connectivity index (χ1n) is 10.0. The molecule has 4 N–H and O–H groups in total. The number of nitrogens with two attached hydrogens (primary N) is 1. The van der Waals surface area contributed by atoms with Gasteiger partial charge in [-0.25, -0.2) is 0 Å². The van der Waals surface area contributed by atoms with E-state index in [-0.39, 0.29) is 30.0 Å². The zero-order chi connectivity index (χ0) is 24.2. The summed E-state index contributed by atoms with van der Waals surface area (Å²) in [5.74, 6) is -5.71. The summed E-state index contributed by atoms with van der Waals surface area (Å²) in [7, 11) is 0. The Balaban J connectivity index is 1.60. The van der Waals surface area contributed by atoms with Crippen LogP contribution in [0, 0.1) is 0 Å². The summed E-state index contributed by atoms with van der Waals surface area (Å²) < 4.78 is 31.6. The van der Waals surface area contributed by atoms with Gasteiger partial charge in [0.25, 0.3) is 17.7 Å². The lowest BCUT2D eigenvalue weighted by molar-refractivity contribution is -0.143. The van der Waals surface area contributed by atoms with Crippen molar-refractivity contribution in [1.29, 1.82) is 0 Å². The molecular weight excluding hydrogens is 478 g/mol. The second-order valence-electron chi connectivity index (χ2n) is 7.49. The number of morpholine rings is 1. The van der Waals surface area contributed by atoms with E-state index in [0.717, 1.165) is 11.3 Å². The van der Waals surface area contributed by atoms with Crippen LogP contribution >= 0.6 is 22.9 Å². The number of amides is 3. The fourth-order valence-electron chi connectivity index (χ4n) is 3.16. The van der Waals surface area contributed by atoms with Crippen LogP contribution in [0.5, 0.6) is 0 Å². The van der Waals surface area contributed by atoms with Crippen LogP contribution < -0.4 is 16.4 Å². The Labute approximate surface area is 198 Å². The third-order valence-electron chi connectivity index (χ3n) is 4.90. The molecule has 1 fully saturated rings. The first-order valence-corrected chi connectivity index (χ1v) is 11.2. The van der Waals surface area contributed by atoms with E-state index < -0.39 is 23.9 Å². The van der Waals surface area contributed by atoms with Crippen LogP contribution in [0.1, 0.15) is 38.0 Å². The van der Waals surface area contributed by atoms with Gasteiger partial charge in [-0.2, -0.15) is 8.78 Å². The highest BCUT2D eigenvalue weighted by Crippen LogP contribution is 2.22. The summed E-state index contributed by atoms with van der Waals surface area (Å²) in [6, 6.07) is 9.20. The van der Waals surface area contributed by atoms with Gasteiger partial charge in [-0.05, 0) is 30.3 Å². The minimum absolute atomic E-state index is 0.142. The number of hydrogen-bond donors (Lipinski definition) is 3. The van der Waals surface area contributed by atoms with Gasteiger partial charge in [0.05, 0.1) is 24.1 Å². The van der Waals surface area contributed by atoms with Crippen molar-refractivity contribution in [2.75, 3.05) is 26.3 Å². The quantitative estimate of drug-likeness (QED) is 0.505. The summed E-state index contributed by atoms with van der Waals surface area (Å²) in [6.07, 6.45) is -1.17. The van der Waals surface area contributed by atoms with Gasteiger partial charge in [0.2, 0.25) is 0 Å². The summed E-state index contributed by atoms with van der Waals surface area (Å²) in [5, 5.41) is 5.21. The number of carbonyl (C=O) groups is 3. The van der Waals surface area contributed by atoms with Crippen LogP contribution in [0.15, 0.2) is 36.4 Å². The number of nitrogens with one attached hydrogen (secondary N) is 2. The van der Waals surface area contributed by atoms with Crippen LogP contribution in [0.25, 0.3) is 0 Å². The molecule has 0 radical (unpaired) electrons. The van der Waals surface area contributed by atoms with E-state index in [1.54, 1.807) is 29.2 Å². The molecule has 1 aromatic carbocycles. The van der Waals surface area contributed by atoms with E-state index in [1.807, 2.05) is 5.32 Å². The number of thiophene rings is 1. The van der Waals surface area contributed by atoms with Gasteiger partial charge in [-0.15, -0.1) is 11.3 Å². The highest BCUT2D eigenvalue weighted by atomic mass is 35.5. The predicted molar refractivity (Wildman–Crippen MR) is 119 cm³/mol. The van der Waals surface area contributed by atoms with E-state index in [2.05, 4.69) is 5.32 Å². The first kappa shape index (κ1) is 25.0. The van der Waals surface area contributed by atoms with Gasteiger partial charge in [0.15, 0.2) is 0 Å². The lowest BCUT2D eigenvalue weighted by Crippen LogP contribution is -2.53. The zero-order valence-electron chi connectivity index (χ0n) is 17.6. The Kier molecular flexibility index (Phi) is 8.01. The normalized spacial score (nSPS) is 17.4. The van der Waals surface area contributed by atoms with E-state index in [4.69, 9.17) is 22.1 Å². The average molecular weight is 501 g/mol. The smallest absolute Gasteiger partial charge is 0.321 e. The fraction of sp³-hybridized carbons (Fsp3) is 0.381.